The average molecular weight is 331 g/mol. The number of anilines is 1. The summed E-state index contributed by atoms with van der Waals surface area (Å²) in [5.74, 6) is 0.114. The Balaban J connectivity index is 2.14. The van der Waals surface area contributed by atoms with Crippen LogP contribution >= 0.6 is 27.5 Å². The lowest BCUT2D eigenvalue weighted by Crippen LogP contribution is -1.99. The number of halogens is 3. The van der Waals surface area contributed by atoms with E-state index in [-0.39, 0.29) is 11.6 Å². The first kappa shape index (κ1) is 13.2. The van der Waals surface area contributed by atoms with Crippen molar-refractivity contribution in [1.29, 1.82) is 0 Å². The van der Waals surface area contributed by atoms with E-state index in [1.807, 2.05) is 0 Å². The summed E-state index contributed by atoms with van der Waals surface area (Å²) in [6, 6.07) is 10.00. The van der Waals surface area contributed by atoms with Crippen LogP contribution in [0.5, 0.6) is 5.75 Å². The maximum atomic E-state index is 13.6. The minimum Gasteiger partial charge on any atom is -0.489 e. The van der Waals surface area contributed by atoms with Crippen molar-refractivity contribution >= 4 is 33.2 Å². The molecule has 18 heavy (non-hydrogen) atoms. The Morgan fingerprint density at radius 2 is 2.06 bits per heavy atom. The van der Waals surface area contributed by atoms with Crippen molar-refractivity contribution in [3.63, 3.8) is 0 Å². The minimum absolute atomic E-state index is 0.0878. The van der Waals surface area contributed by atoms with Crippen molar-refractivity contribution in [3.05, 3.63) is 57.3 Å². The molecule has 0 fully saturated rings. The van der Waals surface area contributed by atoms with E-state index in [4.69, 9.17) is 22.1 Å². The Labute approximate surface area is 118 Å². The number of hydrogen-bond acceptors (Lipinski definition) is 2. The Morgan fingerprint density at radius 3 is 2.78 bits per heavy atom. The van der Waals surface area contributed by atoms with E-state index in [9.17, 15) is 4.39 Å². The van der Waals surface area contributed by atoms with Crippen LogP contribution in [0, 0.1) is 5.82 Å². The predicted molar refractivity (Wildman–Crippen MR) is 74.3 cm³/mol. The van der Waals surface area contributed by atoms with Crippen molar-refractivity contribution in [1.82, 2.24) is 0 Å². The lowest BCUT2D eigenvalue weighted by Gasteiger charge is -2.09. The van der Waals surface area contributed by atoms with Gasteiger partial charge in [-0.15, -0.1) is 0 Å². The van der Waals surface area contributed by atoms with Gasteiger partial charge in [0, 0.05) is 21.8 Å². The van der Waals surface area contributed by atoms with E-state index in [1.54, 1.807) is 30.3 Å². The molecule has 0 amide bonds. The van der Waals surface area contributed by atoms with Gasteiger partial charge in [-0.1, -0.05) is 39.7 Å². The summed E-state index contributed by atoms with van der Waals surface area (Å²) < 4.78 is 19.9. The molecular weight excluding hydrogens is 321 g/mol. The van der Waals surface area contributed by atoms with Gasteiger partial charge < -0.3 is 10.5 Å². The summed E-state index contributed by atoms with van der Waals surface area (Å²) in [7, 11) is 0. The van der Waals surface area contributed by atoms with Crippen molar-refractivity contribution in [2.75, 3.05) is 5.73 Å². The summed E-state index contributed by atoms with van der Waals surface area (Å²) in [5.41, 5.74) is 6.66. The summed E-state index contributed by atoms with van der Waals surface area (Å²) >= 11 is 9.00. The molecule has 94 valence electrons. The summed E-state index contributed by atoms with van der Waals surface area (Å²) in [6.45, 7) is 0.0995. The highest BCUT2D eigenvalue weighted by Gasteiger charge is 2.07. The Bertz CT molecular complexity index is 557. The van der Waals surface area contributed by atoms with Gasteiger partial charge in [-0.3, -0.25) is 0 Å². The van der Waals surface area contributed by atoms with Crippen LogP contribution in [0.1, 0.15) is 5.56 Å². The largest absolute Gasteiger partial charge is 0.489 e. The summed E-state index contributed by atoms with van der Waals surface area (Å²) in [4.78, 5) is 0. The van der Waals surface area contributed by atoms with Gasteiger partial charge in [-0.2, -0.15) is 0 Å². The fourth-order valence-corrected chi connectivity index (χ4v) is 2.17. The Kier molecular flexibility index (Phi) is 4.09. The number of ether oxygens (including phenoxy) is 1. The maximum Gasteiger partial charge on any atom is 0.148 e. The quantitative estimate of drug-likeness (QED) is 0.846. The van der Waals surface area contributed by atoms with Gasteiger partial charge >= 0.3 is 0 Å². The van der Waals surface area contributed by atoms with Crippen molar-refractivity contribution < 1.29 is 9.13 Å². The zero-order chi connectivity index (χ0) is 13.1. The topological polar surface area (TPSA) is 35.2 Å². The van der Waals surface area contributed by atoms with Gasteiger partial charge in [0.1, 0.15) is 18.2 Å². The molecule has 2 aromatic carbocycles. The van der Waals surface area contributed by atoms with Gasteiger partial charge in [0.25, 0.3) is 0 Å². The third kappa shape index (κ3) is 3.15. The number of benzene rings is 2. The van der Waals surface area contributed by atoms with E-state index in [1.165, 1.54) is 6.07 Å². The molecule has 0 spiro atoms. The van der Waals surface area contributed by atoms with Gasteiger partial charge in [-0.25, -0.2) is 4.39 Å². The lowest BCUT2D eigenvalue weighted by atomic mass is 10.2. The second kappa shape index (κ2) is 5.59. The van der Waals surface area contributed by atoms with E-state index in [2.05, 4.69) is 15.9 Å². The fraction of sp³-hybridized carbons (Fsp3) is 0.0769. The molecule has 0 bridgehead atoms. The molecule has 0 atom stereocenters. The molecule has 0 aliphatic heterocycles. The van der Waals surface area contributed by atoms with E-state index in [0.717, 1.165) is 4.47 Å². The molecule has 2 rings (SSSR count). The molecule has 0 saturated carbocycles. The first-order valence-corrected chi connectivity index (χ1v) is 6.35. The Morgan fingerprint density at radius 1 is 1.28 bits per heavy atom. The zero-order valence-electron chi connectivity index (χ0n) is 9.29. The molecule has 0 saturated heterocycles. The van der Waals surface area contributed by atoms with Crippen LogP contribution in [-0.2, 0) is 6.61 Å². The average Bonchev–Trinajstić information content (AvgIpc) is 2.30. The normalized spacial score (nSPS) is 10.4. The number of nitrogen functional groups attached to an aromatic ring is 1. The molecule has 2 aromatic rings. The molecular formula is C13H10BrClFNO. The third-order valence-corrected chi connectivity index (χ3v) is 3.07. The second-order valence-corrected chi connectivity index (χ2v) is 5.04. The van der Waals surface area contributed by atoms with Gasteiger partial charge in [0.15, 0.2) is 0 Å². The standard InChI is InChI=1S/C13H10BrClFNO/c14-9-4-10(17)6-11(5-9)18-7-8-2-1-3-12(15)13(8)16/h1-6H,7,17H2. The van der Waals surface area contributed by atoms with E-state index < -0.39 is 5.82 Å². The summed E-state index contributed by atoms with van der Waals surface area (Å²) in [5, 5.41) is 0.0878. The number of nitrogens with two attached hydrogens (primary N) is 1. The highest BCUT2D eigenvalue weighted by molar-refractivity contribution is 9.10. The highest BCUT2D eigenvalue weighted by atomic mass is 79.9. The number of hydrogen-bond donors (Lipinski definition) is 1. The second-order valence-electron chi connectivity index (χ2n) is 3.72. The van der Waals surface area contributed by atoms with Crippen molar-refractivity contribution in [2.24, 2.45) is 0 Å². The monoisotopic (exact) mass is 329 g/mol. The molecule has 0 aliphatic carbocycles. The van der Waals surface area contributed by atoms with Gasteiger partial charge in [0.05, 0.1) is 5.02 Å². The van der Waals surface area contributed by atoms with Crippen LogP contribution in [0.25, 0.3) is 0 Å². The highest BCUT2D eigenvalue weighted by Crippen LogP contribution is 2.24. The molecule has 5 heteroatoms. The third-order valence-electron chi connectivity index (χ3n) is 2.32. The van der Waals surface area contributed by atoms with Gasteiger partial charge in [0.2, 0.25) is 0 Å². The molecule has 0 aliphatic rings. The van der Waals surface area contributed by atoms with Crippen molar-refractivity contribution in [3.8, 4) is 5.75 Å². The molecule has 2 nitrogen and oxygen atoms in total. The molecule has 2 N–H and O–H groups in total. The molecule has 0 radical (unpaired) electrons. The predicted octanol–water partition coefficient (Wildman–Crippen LogP) is 4.40. The smallest absolute Gasteiger partial charge is 0.148 e. The van der Waals surface area contributed by atoms with Gasteiger partial charge in [-0.05, 0) is 18.2 Å². The first-order chi connectivity index (χ1) is 8.56. The summed E-state index contributed by atoms with van der Waals surface area (Å²) in [6.07, 6.45) is 0. The van der Waals surface area contributed by atoms with Crippen LogP contribution in [-0.4, -0.2) is 0 Å². The van der Waals surface area contributed by atoms with Crippen LogP contribution < -0.4 is 10.5 Å². The maximum absolute atomic E-state index is 13.6. The lowest BCUT2D eigenvalue weighted by molar-refractivity contribution is 0.300. The molecule has 0 unspecified atom stereocenters. The molecule has 0 aromatic heterocycles. The molecule has 0 heterocycles. The van der Waals surface area contributed by atoms with Crippen molar-refractivity contribution in [2.45, 2.75) is 6.61 Å². The zero-order valence-corrected chi connectivity index (χ0v) is 11.6. The SMILES string of the molecule is Nc1cc(Br)cc(OCc2cccc(Cl)c2F)c1. The van der Waals surface area contributed by atoms with Crippen LogP contribution in [0.3, 0.4) is 0 Å². The minimum atomic E-state index is -0.456. The van der Waals surface area contributed by atoms with E-state index in [0.29, 0.717) is 17.0 Å². The van der Waals surface area contributed by atoms with E-state index >= 15 is 0 Å². The van der Waals surface area contributed by atoms with Crippen LogP contribution in [0.4, 0.5) is 10.1 Å². The first-order valence-electron chi connectivity index (χ1n) is 5.18. The number of rotatable bonds is 3. The van der Waals surface area contributed by atoms with Crippen LogP contribution in [0.2, 0.25) is 5.02 Å². The fourth-order valence-electron chi connectivity index (χ4n) is 1.49. The van der Waals surface area contributed by atoms with Crippen LogP contribution in [0.15, 0.2) is 40.9 Å². The Hall–Kier alpha value is -1.26.